The molecule has 0 aliphatic rings. The summed E-state index contributed by atoms with van der Waals surface area (Å²) < 4.78 is 0. The maximum absolute atomic E-state index is 2.26. The van der Waals surface area contributed by atoms with Crippen LogP contribution in [0.2, 0.25) is 0 Å². The molecule has 0 spiro atoms. The average molecular weight is 144 g/mol. The van der Waals surface area contributed by atoms with E-state index in [9.17, 15) is 0 Å². The summed E-state index contributed by atoms with van der Waals surface area (Å²) in [7, 11) is 0. The summed E-state index contributed by atoms with van der Waals surface area (Å²) in [5.74, 6) is 0.736. The Kier molecular flexibility index (Phi) is 5.24. The van der Waals surface area contributed by atoms with Gasteiger partial charge >= 0.3 is 29.6 Å². The summed E-state index contributed by atoms with van der Waals surface area (Å²) in [5, 5.41) is 0. The fourth-order valence-electron chi connectivity index (χ4n) is 0.953. The van der Waals surface area contributed by atoms with Gasteiger partial charge in [-0.15, -0.1) is 0 Å². The van der Waals surface area contributed by atoms with E-state index in [4.69, 9.17) is 0 Å². The maximum atomic E-state index is 2.26. The van der Waals surface area contributed by atoms with E-state index in [1.807, 2.05) is 0 Å². The molecule has 1 heteroatoms. The molecule has 1 unspecified atom stereocenters. The minimum Gasteiger partial charge on any atom is -0.213 e. The molecule has 0 saturated heterocycles. The van der Waals surface area contributed by atoms with Gasteiger partial charge in [-0.05, 0) is 0 Å². The molecule has 50 valence electrons. The van der Waals surface area contributed by atoms with Crippen LogP contribution < -0.4 is 29.6 Å². The first-order valence-corrected chi connectivity index (χ1v) is 3.56. The van der Waals surface area contributed by atoms with Gasteiger partial charge in [-0.2, -0.15) is 17.7 Å². The van der Waals surface area contributed by atoms with Crippen LogP contribution >= 0.6 is 0 Å². The van der Waals surface area contributed by atoms with E-state index in [-0.39, 0.29) is 29.6 Å². The van der Waals surface area contributed by atoms with Crippen molar-refractivity contribution in [3.63, 3.8) is 0 Å². The smallest absolute Gasteiger partial charge is 0.213 e. The predicted molar refractivity (Wildman–Crippen MR) is 40.7 cm³/mol. The molecule has 0 saturated carbocycles. The van der Waals surface area contributed by atoms with Crippen molar-refractivity contribution in [2.75, 3.05) is 0 Å². The topological polar surface area (TPSA) is 0 Å². The molecule has 0 bridgehead atoms. The first kappa shape index (κ1) is 10.3. The Balaban J connectivity index is 0.000000810. The van der Waals surface area contributed by atoms with Crippen LogP contribution in [0, 0.1) is 0 Å². The molecular weight excluding hydrogens is 131 g/mol. The molecule has 0 heterocycles. The van der Waals surface area contributed by atoms with Crippen LogP contribution in [0.3, 0.4) is 0 Å². The zero-order valence-electron chi connectivity index (χ0n) is 7.09. The quantitative estimate of drug-likeness (QED) is 0.402. The third-order valence-corrected chi connectivity index (χ3v) is 1.87. The van der Waals surface area contributed by atoms with Gasteiger partial charge in [-0.3, -0.25) is 0 Å². The zero-order valence-corrected chi connectivity index (χ0v) is 9.09. The molecule has 0 aromatic heterocycles. The normalized spacial score (nSPS) is 12.2. The van der Waals surface area contributed by atoms with Gasteiger partial charge < -0.3 is 0 Å². The zero-order chi connectivity index (χ0) is 6.69. The van der Waals surface area contributed by atoms with E-state index < -0.39 is 0 Å². The Morgan fingerprint density at radius 3 is 2.20 bits per heavy atom. The van der Waals surface area contributed by atoms with Crippen molar-refractivity contribution >= 4 is 0 Å². The van der Waals surface area contributed by atoms with E-state index in [1.54, 1.807) is 0 Å². The van der Waals surface area contributed by atoms with E-state index in [2.05, 4.69) is 38.1 Å². The van der Waals surface area contributed by atoms with Crippen molar-refractivity contribution in [2.24, 2.45) is 0 Å². The largest absolute Gasteiger partial charge is 1.00 e. The van der Waals surface area contributed by atoms with E-state index in [0.717, 1.165) is 5.92 Å². The Labute approximate surface area is 85.3 Å². The summed E-state index contributed by atoms with van der Waals surface area (Å²) in [4.78, 5) is 0. The van der Waals surface area contributed by atoms with Crippen LogP contribution in [0.1, 0.15) is 31.7 Å². The third kappa shape index (κ3) is 2.53. The minimum atomic E-state index is 0. The van der Waals surface area contributed by atoms with Crippen LogP contribution in [0.25, 0.3) is 0 Å². The summed E-state index contributed by atoms with van der Waals surface area (Å²) >= 11 is 0. The van der Waals surface area contributed by atoms with Crippen LogP contribution in [-0.2, 0) is 0 Å². The standard InChI is InChI=1S/C9H13.Na/c1-3-8(2)9-6-4-5-7-9;/h4-8H,3H2,1-2H3;/q-1;+1. The first-order chi connectivity index (χ1) is 4.34. The Morgan fingerprint density at radius 2 is 1.80 bits per heavy atom. The Morgan fingerprint density at radius 1 is 1.30 bits per heavy atom. The second kappa shape index (κ2) is 5.06. The van der Waals surface area contributed by atoms with E-state index in [1.165, 1.54) is 12.0 Å². The Hall–Kier alpha value is 0.350. The maximum Gasteiger partial charge on any atom is 1.00 e. The number of hydrogen-bond donors (Lipinski definition) is 0. The van der Waals surface area contributed by atoms with Crippen molar-refractivity contribution in [1.29, 1.82) is 0 Å². The minimum absolute atomic E-state index is 0. The van der Waals surface area contributed by atoms with Gasteiger partial charge in [0.15, 0.2) is 0 Å². The summed E-state index contributed by atoms with van der Waals surface area (Å²) in [6, 6.07) is 8.57. The van der Waals surface area contributed by atoms with Crippen molar-refractivity contribution in [3.8, 4) is 0 Å². The number of hydrogen-bond acceptors (Lipinski definition) is 0. The van der Waals surface area contributed by atoms with Gasteiger partial charge in [0.2, 0.25) is 0 Å². The van der Waals surface area contributed by atoms with E-state index >= 15 is 0 Å². The molecule has 10 heavy (non-hydrogen) atoms. The molecule has 0 nitrogen and oxygen atoms in total. The molecule has 0 fully saturated rings. The molecule has 1 atom stereocenters. The molecule has 1 rings (SSSR count). The monoisotopic (exact) mass is 144 g/mol. The summed E-state index contributed by atoms with van der Waals surface area (Å²) in [6.45, 7) is 4.48. The van der Waals surface area contributed by atoms with Crippen molar-refractivity contribution < 1.29 is 29.6 Å². The molecule has 0 radical (unpaired) electrons. The fourth-order valence-corrected chi connectivity index (χ4v) is 0.953. The van der Waals surface area contributed by atoms with Crippen LogP contribution in [-0.4, -0.2) is 0 Å². The second-order valence-corrected chi connectivity index (χ2v) is 2.53. The van der Waals surface area contributed by atoms with Crippen LogP contribution in [0.5, 0.6) is 0 Å². The van der Waals surface area contributed by atoms with Crippen LogP contribution in [0.4, 0.5) is 0 Å². The second-order valence-electron chi connectivity index (χ2n) is 2.53. The number of rotatable bonds is 2. The van der Waals surface area contributed by atoms with Gasteiger partial charge in [0.05, 0.1) is 0 Å². The molecular formula is C9H13Na. The molecule has 0 amide bonds. The van der Waals surface area contributed by atoms with Gasteiger partial charge in [0, 0.05) is 0 Å². The fraction of sp³-hybridized carbons (Fsp3) is 0.444. The van der Waals surface area contributed by atoms with Crippen LogP contribution in [0.15, 0.2) is 24.3 Å². The van der Waals surface area contributed by atoms with Crippen molar-refractivity contribution in [2.45, 2.75) is 26.2 Å². The molecule has 0 aliphatic carbocycles. The average Bonchev–Trinajstić information content (AvgIpc) is 2.37. The summed E-state index contributed by atoms with van der Waals surface area (Å²) in [5.41, 5.74) is 1.47. The molecule has 1 aromatic carbocycles. The SMILES string of the molecule is CCC(C)[c-]1cccc1.[Na+]. The van der Waals surface area contributed by atoms with Gasteiger partial charge in [-0.1, -0.05) is 26.2 Å². The van der Waals surface area contributed by atoms with Gasteiger partial charge in [-0.25, -0.2) is 12.1 Å². The predicted octanol–water partition coefficient (Wildman–Crippen LogP) is -0.0770. The first-order valence-electron chi connectivity index (χ1n) is 3.56. The third-order valence-electron chi connectivity index (χ3n) is 1.87. The molecule has 0 N–H and O–H groups in total. The summed E-state index contributed by atoms with van der Waals surface area (Å²) in [6.07, 6.45) is 1.24. The van der Waals surface area contributed by atoms with Gasteiger partial charge in [0.1, 0.15) is 0 Å². The van der Waals surface area contributed by atoms with Crippen molar-refractivity contribution in [3.05, 3.63) is 29.8 Å². The molecule has 0 aliphatic heterocycles. The molecule has 1 aromatic rings. The Bertz CT molecular complexity index is 153. The van der Waals surface area contributed by atoms with Crippen molar-refractivity contribution in [1.82, 2.24) is 0 Å². The van der Waals surface area contributed by atoms with Gasteiger partial charge in [0.25, 0.3) is 0 Å². The van der Waals surface area contributed by atoms with E-state index in [0.29, 0.717) is 0 Å².